The first-order chi connectivity index (χ1) is 9.43. The average molecular weight is 376 g/mol. The topological polar surface area (TPSA) is 35.0 Å². The first-order valence-corrected chi connectivity index (χ1v) is 7.55. The second kappa shape index (κ2) is 6.29. The fraction of sp³-hybridized carbons (Fsp3) is 0.286. The van der Waals surface area contributed by atoms with Crippen LogP contribution in [0.5, 0.6) is 5.75 Å². The molecular weight excluding hydrogens is 363 g/mol. The van der Waals surface area contributed by atoms with Gasteiger partial charge in [0.2, 0.25) is 0 Å². The van der Waals surface area contributed by atoms with E-state index in [2.05, 4.69) is 25.9 Å². The van der Waals surface area contributed by atoms with E-state index < -0.39 is 0 Å². The summed E-state index contributed by atoms with van der Waals surface area (Å²) in [7, 11) is 1.60. The summed E-state index contributed by atoms with van der Waals surface area (Å²) in [5.74, 6) is 1.27. The molecule has 0 saturated heterocycles. The molecule has 0 aliphatic carbocycles. The van der Waals surface area contributed by atoms with Gasteiger partial charge in [0.15, 0.2) is 5.82 Å². The Morgan fingerprint density at radius 1 is 1.15 bits per heavy atom. The van der Waals surface area contributed by atoms with Crippen LogP contribution in [0, 0.1) is 0 Å². The first kappa shape index (κ1) is 15.5. The molecule has 20 heavy (non-hydrogen) atoms. The third kappa shape index (κ3) is 3.08. The molecular formula is C14H13BrCl2N2O. The molecule has 1 aromatic carbocycles. The van der Waals surface area contributed by atoms with Gasteiger partial charge in [-0.15, -0.1) is 0 Å². The maximum absolute atomic E-state index is 6.23. The van der Waals surface area contributed by atoms with Gasteiger partial charge >= 0.3 is 0 Å². The Morgan fingerprint density at radius 3 is 2.25 bits per heavy atom. The maximum Gasteiger partial charge on any atom is 0.166 e. The van der Waals surface area contributed by atoms with Gasteiger partial charge in [-0.2, -0.15) is 0 Å². The van der Waals surface area contributed by atoms with Crippen molar-refractivity contribution < 1.29 is 4.74 Å². The van der Waals surface area contributed by atoms with Gasteiger partial charge in [-0.3, -0.25) is 0 Å². The van der Waals surface area contributed by atoms with Crippen LogP contribution in [0.2, 0.25) is 10.3 Å². The summed E-state index contributed by atoms with van der Waals surface area (Å²) in [4.78, 5) is 8.69. The molecule has 2 rings (SSSR count). The third-order valence-electron chi connectivity index (χ3n) is 2.83. The zero-order valence-corrected chi connectivity index (χ0v) is 14.3. The lowest BCUT2D eigenvalue weighted by molar-refractivity contribution is 0.416. The molecule has 0 aliphatic rings. The average Bonchev–Trinajstić information content (AvgIpc) is 2.37. The number of rotatable bonds is 3. The van der Waals surface area contributed by atoms with Gasteiger partial charge in [-0.25, -0.2) is 9.97 Å². The van der Waals surface area contributed by atoms with Crippen molar-refractivity contribution >= 4 is 39.1 Å². The van der Waals surface area contributed by atoms with Crippen molar-refractivity contribution in [1.82, 2.24) is 9.97 Å². The second-order valence-corrected chi connectivity index (χ2v) is 6.17. The van der Waals surface area contributed by atoms with Crippen molar-refractivity contribution in [3.63, 3.8) is 0 Å². The van der Waals surface area contributed by atoms with E-state index in [0.717, 1.165) is 15.6 Å². The van der Waals surface area contributed by atoms with Crippen LogP contribution in [0.1, 0.15) is 25.3 Å². The normalized spacial score (nSPS) is 10.9. The number of hydrogen-bond acceptors (Lipinski definition) is 3. The van der Waals surface area contributed by atoms with Gasteiger partial charge in [-0.1, -0.05) is 53.0 Å². The summed E-state index contributed by atoms with van der Waals surface area (Å²) < 4.78 is 6.23. The molecule has 106 valence electrons. The third-order valence-corrected chi connectivity index (χ3v) is 3.90. The van der Waals surface area contributed by atoms with Gasteiger partial charge in [0.1, 0.15) is 16.1 Å². The molecule has 0 saturated carbocycles. The Morgan fingerprint density at radius 2 is 1.75 bits per heavy atom. The predicted octanol–water partition coefficient (Wildman–Crippen LogP) is 5.34. The number of methoxy groups -OCH3 is 1. The molecule has 1 aromatic heterocycles. The van der Waals surface area contributed by atoms with Crippen molar-refractivity contribution in [2.75, 3.05) is 7.11 Å². The SMILES string of the molecule is COc1ccc(Br)cc1-c1nc(Cl)c(C(C)C)c(Cl)n1. The minimum absolute atomic E-state index is 0.161. The van der Waals surface area contributed by atoms with Crippen LogP contribution < -0.4 is 4.74 Å². The van der Waals surface area contributed by atoms with Gasteiger partial charge in [0.05, 0.1) is 12.7 Å². The molecule has 0 N–H and O–H groups in total. The van der Waals surface area contributed by atoms with Crippen molar-refractivity contribution in [2.24, 2.45) is 0 Å². The maximum atomic E-state index is 6.23. The lowest BCUT2D eigenvalue weighted by atomic mass is 10.1. The van der Waals surface area contributed by atoms with E-state index in [0.29, 0.717) is 21.9 Å². The van der Waals surface area contributed by atoms with E-state index in [4.69, 9.17) is 27.9 Å². The van der Waals surface area contributed by atoms with E-state index in [1.54, 1.807) is 7.11 Å². The fourth-order valence-corrected chi connectivity index (χ4v) is 3.05. The highest BCUT2D eigenvalue weighted by Crippen LogP contribution is 2.35. The summed E-state index contributed by atoms with van der Waals surface area (Å²) in [6.07, 6.45) is 0. The van der Waals surface area contributed by atoms with Gasteiger partial charge in [0.25, 0.3) is 0 Å². The van der Waals surface area contributed by atoms with Crippen molar-refractivity contribution in [1.29, 1.82) is 0 Å². The van der Waals surface area contributed by atoms with E-state index in [1.165, 1.54) is 0 Å². The Bertz CT molecular complexity index is 624. The Labute approximate surface area is 136 Å². The molecule has 0 unspecified atom stereocenters. The molecule has 0 aliphatic heterocycles. The molecule has 0 amide bonds. The number of nitrogens with zero attached hydrogens (tertiary/aromatic N) is 2. The largest absolute Gasteiger partial charge is 0.496 e. The first-order valence-electron chi connectivity index (χ1n) is 6.01. The molecule has 0 atom stereocenters. The van der Waals surface area contributed by atoms with Gasteiger partial charge in [0, 0.05) is 10.0 Å². The quantitative estimate of drug-likeness (QED) is 0.678. The molecule has 3 nitrogen and oxygen atoms in total. The molecule has 0 spiro atoms. The van der Waals surface area contributed by atoms with Crippen LogP contribution in [0.15, 0.2) is 22.7 Å². The summed E-state index contributed by atoms with van der Waals surface area (Å²) in [5, 5.41) is 0.744. The standard InChI is InChI=1S/C14H13BrCl2N2O/c1-7(2)11-12(16)18-14(19-13(11)17)9-6-8(15)4-5-10(9)20-3/h4-7H,1-3H3. The van der Waals surface area contributed by atoms with Gasteiger partial charge < -0.3 is 4.74 Å². The monoisotopic (exact) mass is 374 g/mol. The zero-order chi connectivity index (χ0) is 14.9. The van der Waals surface area contributed by atoms with E-state index in [9.17, 15) is 0 Å². The van der Waals surface area contributed by atoms with Crippen molar-refractivity contribution in [3.05, 3.63) is 38.5 Å². The smallest absolute Gasteiger partial charge is 0.166 e. The number of ether oxygens (including phenoxy) is 1. The number of benzene rings is 1. The molecule has 1 heterocycles. The lowest BCUT2D eigenvalue weighted by Crippen LogP contribution is -2.00. The van der Waals surface area contributed by atoms with E-state index in [-0.39, 0.29) is 5.92 Å². The highest BCUT2D eigenvalue weighted by atomic mass is 79.9. The van der Waals surface area contributed by atoms with Crippen LogP contribution >= 0.6 is 39.1 Å². The number of aromatic nitrogens is 2. The summed E-state index contributed by atoms with van der Waals surface area (Å²) in [5.41, 5.74) is 1.49. The van der Waals surface area contributed by atoms with Crippen LogP contribution in [-0.4, -0.2) is 17.1 Å². The summed E-state index contributed by atoms with van der Waals surface area (Å²) in [6.45, 7) is 3.99. The number of hydrogen-bond donors (Lipinski definition) is 0. The number of halogens is 3. The highest BCUT2D eigenvalue weighted by molar-refractivity contribution is 9.10. The van der Waals surface area contributed by atoms with Crippen molar-refractivity contribution in [2.45, 2.75) is 19.8 Å². The molecule has 0 bridgehead atoms. The highest BCUT2D eigenvalue weighted by Gasteiger charge is 2.17. The molecule has 6 heteroatoms. The van der Waals surface area contributed by atoms with Crippen LogP contribution in [0.25, 0.3) is 11.4 Å². The lowest BCUT2D eigenvalue weighted by Gasteiger charge is -2.13. The van der Waals surface area contributed by atoms with Gasteiger partial charge in [-0.05, 0) is 24.1 Å². The second-order valence-electron chi connectivity index (χ2n) is 4.54. The van der Waals surface area contributed by atoms with E-state index >= 15 is 0 Å². The van der Waals surface area contributed by atoms with E-state index in [1.807, 2.05) is 32.0 Å². The molecule has 0 radical (unpaired) electrons. The van der Waals surface area contributed by atoms with Crippen LogP contribution in [0.4, 0.5) is 0 Å². The Balaban J connectivity index is 2.62. The molecule has 0 fully saturated rings. The Hall–Kier alpha value is -0.840. The van der Waals surface area contributed by atoms with Crippen LogP contribution in [0.3, 0.4) is 0 Å². The minimum Gasteiger partial charge on any atom is -0.496 e. The predicted molar refractivity (Wildman–Crippen MR) is 85.8 cm³/mol. The summed E-state index contributed by atoms with van der Waals surface area (Å²) in [6, 6.07) is 5.59. The van der Waals surface area contributed by atoms with Crippen molar-refractivity contribution in [3.8, 4) is 17.1 Å². The summed E-state index contributed by atoms with van der Waals surface area (Å²) >= 11 is 15.9. The minimum atomic E-state index is 0.161. The Kier molecular flexibility index (Phi) is 4.89. The zero-order valence-electron chi connectivity index (χ0n) is 11.2. The molecule has 2 aromatic rings. The van der Waals surface area contributed by atoms with Crippen LogP contribution in [-0.2, 0) is 0 Å². The fourth-order valence-electron chi connectivity index (χ4n) is 1.87.